The number of carbonyl (C=O) groups excluding carboxylic acids is 3. The number of urea groups is 1. The number of likely N-dealkylation sites (tertiary alicyclic amines) is 1. The van der Waals surface area contributed by atoms with Crippen LogP contribution in [0.25, 0.3) is 0 Å². The second kappa shape index (κ2) is 12.7. The van der Waals surface area contributed by atoms with Gasteiger partial charge in [0, 0.05) is 57.8 Å². The van der Waals surface area contributed by atoms with Gasteiger partial charge in [0.25, 0.3) is 0 Å². The lowest BCUT2D eigenvalue weighted by molar-refractivity contribution is -0.146. The van der Waals surface area contributed by atoms with Crippen molar-refractivity contribution < 1.29 is 14.4 Å². The van der Waals surface area contributed by atoms with Gasteiger partial charge in [-0.2, -0.15) is 4.98 Å². The highest BCUT2D eigenvalue weighted by molar-refractivity contribution is 9.10. The second-order valence-electron chi connectivity index (χ2n) is 9.58. The first-order valence-electron chi connectivity index (χ1n) is 12.3. The Hall–Kier alpha value is -3.41. The zero-order chi connectivity index (χ0) is 27.0. The number of hydrogen-bond acceptors (Lipinski definition) is 7. The molecule has 2 aromatic rings. The van der Waals surface area contributed by atoms with E-state index in [-0.39, 0.29) is 17.8 Å². The van der Waals surface area contributed by atoms with Crippen LogP contribution in [0.1, 0.15) is 33.1 Å². The van der Waals surface area contributed by atoms with Gasteiger partial charge in [-0.05, 0) is 67.2 Å². The molecule has 4 N–H and O–H groups in total. The molecule has 0 radical (unpaired) electrons. The Morgan fingerprint density at radius 2 is 1.81 bits per heavy atom. The van der Waals surface area contributed by atoms with Gasteiger partial charge < -0.3 is 31.1 Å². The summed E-state index contributed by atoms with van der Waals surface area (Å²) in [6.45, 7) is 5.77. The number of anilines is 4. The molecule has 0 bridgehead atoms. The minimum Gasteiger partial charge on any atom is -0.369 e. The van der Waals surface area contributed by atoms with Crippen LogP contribution < -0.4 is 21.3 Å². The molecule has 2 heterocycles. The molecule has 0 spiro atoms. The fourth-order valence-corrected chi connectivity index (χ4v) is 4.18. The van der Waals surface area contributed by atoms with Crippen molar-refractivity contribution in [1.82, 2.24) is 25.1 Å². The van der Waals surface area contributed by atoms with Gasteiger partial charge >= 0.3 is 6.03 Å². The number of nitrogens with zero attached hydrogens (tertiary/aromatic N) is 4. The van der Waals surface area contributed by atoms with Crippen molar-refractivity contribution in [3.63, 3.8) is 0 Å². The maximum Gasteiger partial charge on any atom is 0.321 e. The van der Waals surface area contributed by atoms with E-state index in [0.29, 0.717) is 41.4 Å². The predicted molar refractivity (Wildman–Crippen MR) is 148 cm³/mol. The highest BCUT2D eigenvalue weighted by atomic mass is 79.9. The Morgan fingerprint density at radius 1 is 1.11 bits per heavy atom. The molecule has 0 unspecified atom stereocenters. The van der Waals surface area contributed by atoms with Crippen molar-refractivity contribution >= 4 is 56.9 Å². The molecule has 1 aromatic carbocycles. The minimum atomic E-state index is -1.12. The van der Waals surface area contributed by atoms with E-state index in [1.807, 2.05) is 29.2 Å². The molecule has 12 heteroatoms. The third-order valence-electron chi connectivity index (χ3n) is 5.95. The van der Waals surface area contributed by atoms with Crippen molar-refractivity contribution in [1.29, 1.82) is 0 Å². The summed E-state index contributed by atoms with van der Waals surface area (Å²) in [4.78, 5) is 49.1. The lowest BCUT2D eigenvalue weighted by Gasteiger charge is -2.25. The Kier molecular flexibility index (Phi) is 9.67. The molecule has 0 aliphatic carbocycles. The van der Waals surface area contributed by atoms with Crippen LogP contribution in [0.4, 0.5) is 27.9 Å². The lowest BCUT2D eigenvalue weighted by Crippen LogP contribution is -2.47. The number of amides is 4. The summed E-state index contributed by atoms with van der Waals surface area (Å²) in [5.41, 5.74) is 0.307. The average Bonchev–Trinajstić information content (AvgIpc) is 3.40. The van der Waals surface area contributed by atoms with Crippen LogP contribution in [0.5, 0.6) is 0 Å². The molecule has 0 atom stereocenters. The van der Waals surface area contributed by atoms with Crippen molar-refractivity contribution in [2.75, 3.05) is 56.2 Å². The Balaban J connectivity index is 1.50. The van der Waals surface area contributed by atoms with E-state index in [9.17, 15) is 14.4 Å². The third kappa shape index (κ3) is 7.78. The van der Waals surface area contributed by atoms with Crippen molar-refractivity contribution in [3.05, 3.63) is 34.9 Å². The first-order valence-corrected chi connectivity index (χ1v) is 13.1. The van der Waals surface area contributed by atoms with Crippen molar-refractivity contribution in [3.8, 4) is 0 Å². The van der Waals surface area contributed by atoms with Crippen LogP contribution in [0.2, 0.25) is 0 Å². The molecule has 4 amide bonds. The highest BCUT2D eigenvalue weighted by Gasteiger charge is 2.36. The average molecular weight is 576 g/mol. The van der Waals surface area contributed by atoms with Gasteiger partial charge in [0.05, 0.1) is 4.47 Å². The van der Waals surface area contributed by atoms with Crippen LogP contribution in [-0.4, -0.2) is 77.9 Å². The van der Waals surface area contributed by atoms with Crippen LogP contribution in [0.3, 0.4) is 0 Å². The van der Waals surface area contributed by atoms with Gasteiger partial charge in [-0.25, -0.2) is 9.78 Å². The van der Waals surface area contributed by atoms with E-state index in [2.05, 4.69) is 47.2 Å². The Labute approximate surface area is 225 Å². The molecule has 0 saturated carbocycles. The monoisotopic (exact) mass is 574 g/mol. The number of aromatic nitrogens is 2. The van der Waals surface area contributed by atoms with Gasteiger partial charge in [-0.1, -0.05) is 6.07 Å². The molecule has 1 aliphatic heterocycles. The first-order chi connectivity index (χ1) is 17.6. The number of halogens is 1. The van der Waals surface area contributed by atoms with E-state index >= 15 is 0 Å². The fraction of sp³-hybridized carbons (Fsp3) is 0.480. The summed E-state index contributed by atoms with van der Waals surface area (Å²) in [6, 6.07) is 7.30. The molecule has 1 fully saturated rings. The van der Waals surface area contributed by atoms with E-state index in [0.717, 1.165) is 31.6 Å². The minimum absolute atomic E-state index is 0.0925. The second-order valence-corrected chi connectivity index (χ2v) is 10.4. The van der Waals surface area contributed by atoms with Gasteiger partial charge in [-0.15, -0.1) is 0 Å². The van der Waals surface area contributed by atoms with Gasteiger partial charge in [0.15, 0.2) is 0 Å². The van der Waals surface area contributed by atoms with Crippen LogP contribution in [-0.2, 0) is 9.59 Å². The maximum absolute atomic E-state index is 12.4. The van der Waals surface area contributed by atoms with Crippen LogP contribution in [0.15, 0.2) is 34.9 Å². The van der Waals surface area contributed by atoms with Gasteiger partial charge in [0.2, 0.25) is 17.8 Å². The predicted octanol–water partition coefficient (Wildman–Crippen LogP) is 3.64. The van der Waals surface area contributed by atoms with E-state index in [1.54, 1.807) is 34.1 Å². The largest absolute Gasteiger partial charge is 0.369 e. The topological polar surface area (TPSA) is 132 Å². The Morgan fingerprint density at radius 3 is 2.51 bits per heavy atom. The first kappa shape index (κ1) is 28.2. The van der Waals surface area contributed by atoms with E-state index in [1.165, 1.54) is 4.90 Å². The van der Waals surface area contributed by atoms with Gasteiger partial charge in [-0.3, -0.25) is 9.59 Å². The zero-order valence-electron chi connectivity index (χ0n) is 21.7. The third-order valence-corrected chi connectivity index (χ3v) is 6.53. The normalized spacial score (nSPS) is 13.2. The molecule has 1 aromatic heterocycles. The van der Waals surface area contributed by atoms with Crippen molar-refractivity contribution in [2.45, 2.75) is 33.1 Å². The number of hydrogen-bond donors (Lipinski definition) is 4. The number of rotatable bonds is 10. The van der Waals surface area contributed by atoms with Crippen LogP contribution >= 0.6 is 15.9 Å². The maximum atomic E-state index is 12.4. The lowest BCUT2D eigenvalue weighted by atomic mass is 9.90. The van der Waals surface area contributed by atoms with Crippen LogP contribution in [0, 0.1) is 5.41 Å². The summed E-state index contributed by atoms with van der Waals surface area (Å²) >= 11 is 3.46. The zero-order valence-corrected chi connectivity index (χ0v) is 23.3. The summed E-state index contributed by atoms with van der Waals surface area (Å²) in [6.07, 6.45) is 4.36. The molecule has 1 aliphatic rings. The van der Waals surface area contributed by atoms with Crippen molar-refractivity contribution in [2.24, 2.45) is 5.41 Å². The number of carbonyl (C=O) groups is 3. The van der Waals surface area contributed by atoms with E-state index in [4.69, 9.17) is 0 Å². The van der Waals surface area contributed by atoms with Gasteiger partial charge in [0.1, 0.15) is 11.2 Å². The molecule has 37 heavy (non-hydrogen) atoms. The molecule has 200 valence electrons. The molecule has 3 rings (SSSR count). The summed E-state index contributed by atoms with van der Waals surface area (Å²) in [5.74, 6) is 0.448. The van der Waals surface area contributed by atoms with E-state index < -0.39 is 5.41 Å². The number of benzene rings is 1. The Bertz CT molecular complexity index is 1120. The summed E-state index contributed by atoms with van der Waals surface area (Å²) in [7, 11) is 3.27. The quantitative estimate of drug-likeness (QED) is 0.251. The highest BCUT2D eigenvalue weighted by Crippen LogP contribution is 2.24. The molecular formula is C25H35BrN8O3. The molecule has 1 saturated heterocycles. The SMILES string of the molecule is CN(C)C(=O)C(C)(C)C(=O)NCCCNc1nc(Nc2cccc(NC(=O)N3CCCC3)c2)ncc1Br. The smallest absolute Gasteiger partial charge is 0.321 e. The standard InChI is InChI=1S/C25H35BrN8O3/c1-25(2,22(36)33(3)4)21(35)28-12-8-11-27-20-19(26)16-29-23(32-20)30-17-9-7-10-18(15-17)31-24(37)34-13-5-6-14-34/h7,9-10,15-16H,5-6,8,11-14H2,1-4H3,(H,28,35)(H,31,37)(H2,27,29,30,32). The summed E-state index contributed by atoms with van der Waals surface area (Å²) in [5, 5.41) is 12.2. The molecular weight excluding hydrogens is 540 g/mol. The fourth-order valence-electron chi connectivity index (χ4n) is 3.85. The summed E-state index contributed by atoms with van der Waals surface area (Å²) < 4.78 is 0.700. The molecule has 11 nitrogen and oxygen atoms in total. The number of nitrogens with one attached hydrogen (secondary N) is 4.